The number of hydrogen-bond acceptors (Lipinski definition) is 5. The molecule has 2 aromatic rings. The molecule has 0 radical (unpaired) electrons. The average molecular weight is 309 g/mol. The van der Waals surface area contributed by atoms with E-state index in [1.165, 1.54) is 0 Å². The van der Waals surface area contributed by atoms with Crippen LogP contribution in [0.25, 0.3) is 0 Å². The molecule has 2 heterocycles. The molecule has 1 aromatic heterocycles. The van der Waals surface area contributed by atoms with Crippen LogP contribution in [-0.4, -0.2) is 36.5 Å². The summed E-state index contributed by atoms with van der Waals surface area (Å²) >= 11 is 1.15. The number of halogens is 2. The lowest BCUT2D eigenvalue weighted by Gasteiger charge is -2.29. The molecule has 7 heteroatoms. The van der Waals surface area contributed by atoms with Crippen LogP contribution < -0.4 is 4.90 Å². The molecule has 4 nitrogen and oxygen atoms in total. The van der Waals surface area contributed by atoms with Crippen molar-refractivity contribution < 1.29 is 13.5 Å². The Morgan fingerprint density at radius 3 is 2.38 bits per heavy atom. The first-order chi connectivity index (χ1) is 10.3. The van der Waals surface area contributed by atoms with E-state index in [4.69, 9.17) is 4.74 Å². The lowest BCUT2D eigenvalue weighted by molar-refractivity contribution is 0.122. The predicted molar refractivity (Wildman–Crippen MR) is 75.5 cm³/mol. The van der Waals surface area contributed by atoms with Gasteiger partial charge in [-0.2, -0.15) is 8.78 Å². The third-order valence-electron chi connectivity index (χ3n) is 3.11. The van der Waals surface area contributed by atoms with Crippen LogP contribution in [0, 0.1) is 11.9 Å². The fourth-order valence-electron chi connectivity index (χ4n) is 2.13. The zero-order valence-electron chi connectivity index (χ0n) is 11.1. The minimum absolute atomic E-state index is 0.163. The lowest BCUT2D eigenvalue weighted by Crippen LogP contribution is -2.37. The van der Waals surface area contributed by atoms with E-state index in [9.17, 15) is 8.78 Å². The van der Waals surface area contributed by atoms with Gasteiger partial charge in [-0.05, 0) is 12.1 Å². The van der Waals surface area contributed by atoms with Crippen LogP contribution in [0.3, 0.4) is 0 Å². The maximum atomic E-state index is 14.1. The highest BCUT2D eigenvalue weighted by Gasteiger charge is 2.24. The van der Waals surface area contributed by atoms with E-state index in [0.29, 0.717) is 26.3 Å². The summed E-state index contributed by atoms with van der Waals surface area (Å²) in [5, 5.41) is 6.53. The summed E-state index contributed by atoms with van der Waals surface area (Å²) < 4.78 is 33.4. The molecule has 3 rings (SSSR count). The van der Waals surface area contributed by atoms with Crippen molar-refractivity contribution in [2.24, 2.45) is 0 Å². The highest BCUT2D eigenvalue weighted by Crippen LogP contribution is 2.37. The van der Waals surface area contributed by atoms with Crippen molar-refractivity contribution in [3.05, 3.63) is 42.2 Å². The van der Waals surface area contributed by atoms with Gasteiger partial charge >= 0.3 is 0 Å². The smallest absolute Gasteiger partial charge is 0.257 e. The summed E-state index contributed by atoms with van der Waals surface area (Å²) in [6.45, 7) is 1.98. The summed E-state index contributed by atoms with van der Waals surface area (Å²) in [5.74, 6) is -1.51. The maximum Gasteiger partial charge on any atom is 0.257 e. The molecular formula is C14H13F2N3OS. The number of nitrogens with zero attached hydrogens (tertiary/aromatic N) is 3. The molecule has 110 valence electrons. The third kappa shape index (κ3) is 3.14. The Labute approximate surface area is 125 Å². The van der Waals surface area contributed by atoms with E-state index < -0.39 is 11.9 Å². The molecule has 1 fully saturated rings. The predicted octanol–water partition coefficient (Wildman–Crippen LogP) is 2.74. The molecule has 0 aliphatic carbocycles. The molecule has 0 saturated carbocycles. The zero-order chi connectivity index (χ0) is 14.7. The van der Waals surface area contributed by atoms with Crippen LogP contribution in [0.4, 0.5) is 14.5 Å². The van der Waals surface area contributed by atoms with Gasteiger partial charge in [0.1, 0.15) is 5.69 Å². The highest BCUT2D eigenvalue weighted by molar-refractivity contribution is 7.99. The molecular weight excluding hydrogens is 296 g/mol. The molecule has 0 amide bonds. The number of morpholine rings is 1. The molecule has 0 atom stereocenters. The number of hydrogen-bond donors (Lipinski definition) is 0. The fraction of sp³-hybridized carbons (Fsp3) is 0.286. The number of ether oxygens (including phenoxy) is 1. The first kappa shape index (κ1) is 14.2. The lowest BCUT2D eigenvalue weighted by atomic mass is 10.3. The van der Waals surface area contributed by atoms with Gasteiger partial charge in [-0.15, -0.1) is 10.2 Å². The van der Waals surface area contributed by atoms with Crippen molar-refractivity contribution in [2.45, 2.75) is 9.79 Å². The third-order valence-corrected chi connectivity index (χ3v) is 4.19. The Bertz CT molecular complexity index is 621. The van der Waals surface area contributed by atoms with Crippen LogP contribution in [-0.2, 0) is 4.74 Å². The first-order valence-corrected chi connectivity index (χ1v) is 7.34. The summed E-state index contributed by atoms with van der Waals surface area (Å²) in [4.78, 5) is 2.73. The normalized spacial score (nSPS) is 15.2. The SMILES string of the molecule is Fc1nnc(F)c(N2CCOCC2)c1Sc1ccccc1. The molecule has 1 aromatic carbocycles. The van der Waals surface area contributed by atoms with E-state index >= 15 is 0 Å². The molecule has 1 aliphatic rings. The second-order valence-corrected chi connectivity index (χ2v) is 5.56. The summed E-state index contributed by atoms with van der Waals surface area (Å²) in [6.07, 6.45) is 0. The van der Waals surface area contributed by atoms with Crippen LogP contribution in [0.1, 0.15) is 0 Å². The number of rotatable bonds is 3. The topological polar surface area (TPSA) is 38.2 Å². The minimum atomic E-state index is -0.758. The molecule has 1 saturated heterocycles. The first-order valence-electron chi connectivity index (χ1n) is 6.53. The molecule has 0 N–H and O–H groups in total. The Balaban J connectivity index is 1.99. The summed E-state index contributed by atoms with van der Waals surface area (Å²) in [7, 11) is 0. The standard InChI is InChI=1S/C14H13F2N3OS/c15-13-11(19-6-8-20-9-7-19)12(14(16)18-17-13)21-10-4-2-1-3-5-10/h1-5H,6-9H2. The van der Waals surface area contributed by atoms with E-state index in [1.54, 1.807) is 4.90 Å². The number of benzene rings is 1. The summed E-state index contributed by atoms with van der Waals surface area (Å²) in [6, 6.07) is 9.24. The second-order valence-electron chi connectivity index (χ2n) is 4.47. The Kier molecular flexibility index (Phi) is 4.31. The molecule has 0 spiro atoms. The molecule has 1 aliphatic heterocycles. The van der Waals surface area contributed by atoms with Crippen LogP contribution in [0.5, 0.6) is 0 Å². The van der Waals surface area contributed by atoms with Gasteiger partial charge in [0.25, 0.3) is 5.95 Å². The van der Waals surface area contributed by atoms with Gasteiger partial charge in [0.05, 0.1) is 18.1 Å². The zero-order valence-corrected chi connectivity index (χ0v) is 11.9. The van der Waals surface area contributed by atoms with Crippen molar-refractivity contribution in [1.82, 2.24) is 10.2 Å². The van der Waals surface area contributed by atoms with Gasteiger partial charge in [-0.25, -0.2) is 0 Å². The molecule has 21 heavy (non-hydrogen) atoms. The van der Waals surface area contributed by atoms with Crippen LogP contribution in [0.2, 0.25) is 0 Å². The number of anilines is 1. The largest absolute Gasteiger partial charge is 0.378 e. The quantitative estimate of drug-likeness (QED) is 0.871. The maximum absolute atomic E-state index is 14.1. The fourth-order valence-corrected chi connectivity index (χ4v) is 3.09. The van der Waals surface area contributed by atoms with E-state index in [0.717, 1.165) is 16.7 Å². The van der Waals surface area contributed by atoms with Gasteiger partial charge in [-0.3, -0.25) is 0 Å². The van der Waals surface area contributed by atoms with Crippen LogP contribution in [0.15, 0.2) is 40.1 Å². The van der Waals surface area contributed by atoms with Gasteiger partial charge in [-0.1, -0.05) is 30.0 Å². The Hall–Kier alpha value is -1.73. The minimum Gasteiger partial charge on any atom is -0.378 e. The van der Waals surface area contributed by atoms with E-state index in [-0.39, 0.29) is 10.6 Å². The number of aromatic nitrogens is 2. The van der Waals surface area contributed by atoms with Crippen LogP contribution >= 0.6 is 11.8 Å². The van der Waals surface area contributed by atoms with Crippen molar-refractivity contribution in [3.63, 3.8) is 0 Å². The van der Waals surface area contributed by atoms with Gasteiger partial charge < -0.3 is 9.64 Å². The Morgan fingerprint density at radius 2 is 1.67 bits per heavy atom. The van der Waals surface area contributed by atoms with E-state index in [1.807, 2.05) is 30.3 Å². The van der Waals surface area contributed by atoms with Gasteiger partial charge in [0.2, 0.25) is 5.95 Å². The molecule has 0 unspecified atom stereocenters. The van der Waals surface area contributed by atoms with Crippen molar-refractivity contribution in [1.29, 1.82) is 0 Å². The Morgan fingerprint density at radius 1 is 1.00 bits per heavy atom. The van der Waals surface area contributed by atoms with Gasteiger partial charge in [0, 0.05) is 18.0 Å². The monoisotopic (exact) mass is 309 g/mol. The second kappa shape index (κ2) is 6.36. The highest BCUT2D eigenvalue weighted by atomic mass is 32.2. The average Bonchev–Trinajstić information content (AvgIpc) is 2.53. The van der Waals surface area contributed by atoms with Crippen molar-refractivity contribution >= 4 is 17.4 Å². The van der Waals surface area contributed by atoms with Gasteiger partial charge in [0.15, 0.2) is 0 Å². The van der Waals surface area contributed by atoms with Crippen molar-refractivity contribution in [2.75, 3.05) is 31.2 Å². The summed E-state index contributed by atoms with van der Waals surface area (Å²) in [5.41, 5.74) is 0.166. The van der Waals surface area contributed by atoms with E-state index in [2.05, 4.69) is 10.2 Å². The molecule has 0 bridgehead atoms. The van der Waals surface area contributed by atoms with Crippen molar-refractivity contribution in [3.8, 4) is 0 Å².